The number of likely N-dealkylation sites (tertiary alicyclic amines) is 1. The Hall–Kier alpha value is -2.36. The molecule has 2 saturated heterocycles. The number of carbonyl (C=O) groups excluding carboxylic acids is 1. The number of carbonyl (C=O) groups is 1. The molecule has 3 rings (SSSR count). The zero-order valence-corrected chi connectivity index (χ0v) is 15.9. The molecule has 4 atom stereocenters. The highest BCUT2D eigenvalue weighted by molar-refractivity contribution is 5.80. The monoisotopic (exact) mass is 356 g/mol. The van der Waals surface area contributed by atoms with E-state index in [0.717, 1.165) is 43.7 Å². The largest absolute Gasteiger partial charge is 0.355 e. The Morgan fingerprint density at radius 3 is 2.85 bits per heavy atom. The maximum Gasteiger partial charge on any atom is 0.225 e. The van der Waals surface area contributed by atoms with E-state index in [-0.39, 0.29) is 30.0 Å². The molecule has 1 amide bonds. The number of nitrogens with zero attached hydrogens (tertiary/aromatic N) is 5. The van der Waals surface area contributed by atoms with E-state index >= 15 is 0 Å². The second kappa shape index (κ2) is 7.90. The lowest BCUT2D eigenvalue weighted by molar-refractivity contribution is -0.125. The molecule has 0 saturated carbocycles. The van der Waals surface area contributed by atoms with Crippen molar-refractivity contribution in [1.82, 2.24) is 20.2 Å². The van der Waals surface area contributed by atoms with E-state index in [1.54, 1.807) is 12.4 Å². The molecule has 0 radical (unpaired) electrons. The Morgan fingerprint density at radius 2 is 2.19 bits per heavy atom. The van der Waals surface area contributed by atoms with Crippen molar-refractivity contribution in [3.05, 3.63) is 18.1 Å². The van der Waals surface area contributed by atoms with Crippen LogP contribution in [0.1, 0.15) is 45.2 Å². The lowest BCUT2D eigenvalue weighted by Gasteiger charge is -2.26. The molecule has 0 unspecified atom stereocenters. The Bertz CT molecular complexity index is 687. The highest BCUT2D eigenvalue weighted by Gasteiger charge is 2.41. The summed E-state index contributed by atoms with van der Waals surface area (Å²) >= 11 is 0. The SMILES string of the molecule is CC[C@H]1C[C@@H](NC(=O)[C@H]2CCN(c3cncc(C)n3)C2)[C@@H](CC)N1C#N. The van der Waals surface area contributed by atoms with Crippen LogP contribution in [0.15, 0.2) is 12.4 Å². The molecule has 1 aromatic heterocycles. The number of aryl methyl sites for hydroxylation is 1. The van der Waals surface area contributed by atoms with E-state index in [0.29, 0.717) is 6.54 Å². The predicted octanol–water partition coefficient (Wildman–Crippen LogP) is 1.84. The number of rotatable bonds is 5. The Kier molecular flexibility index (Phi) is 5.60. The van der Waals surface area contributed by atoms with Gasteiger partial charge in [-0.3, -0.25) is 9.78 Å². The lowest BCUT2D eigenvalue weighted by atomic mass is 10.0. The quantitative estimate of drug-likeness (QED) is 0.810. The molecule has 0 aromatic carbocycles. The van der Waals surface area contributed by atoms with Crippen molar-refractivity contribution >= 4 is 11.7 Å². The van der Waals surface area contributed by atoms with Crippen LogP contribution in [0.5, 0.6) is 0 Å². The van der Waals surface area contributed by atoms with Gasteiger partial charge in [0, 0.05) is 25.3 Å². The van der Waals surface area contributed by atoms with Gasteiger partial charge in [-0.1, -0.05) is 13.8 Å². The molecule has 2 fully saturated rings. The normalized spacial score (nSPS) is 28.2. The van der Waals surface area contributed by atoms with Gasteiger partial charge in [-0.2, -0.15) is 5.26 Å². The minimum atomic E-state index is -0.0361. The summed E-state index contributed by atoms with van der Waals surface area (Å²) in [6, 6.07) is 0.400. The fourth-order valence-electron chi connectivity index (χ4n) is 4.27. The number of hydrogen-bond acceptors (Lipinski definition) is 6. The van der Waals surface area contributed by atoms with E-state index < -0.39 is 0 Å². The van der Waals surface area contributed by atoms with Gasteiger partial charge in [0.1, 0.15) is 5.82 Å². The molecule has 1 aromatic rings. The first-order chi connectivity index (χ1) is 12.6. The molecule has 7 heteroatoms. The van der Waals surface area contributed by atoms with Crippen molar-refractivity contribution in [2.45, 2.75) is 64.6 Å². The minimum Gasteiger partial charge on any atom is -0.355 e. The average molecular weight is 356 g/mol. The summed E-state index contributed by atoms with van der Waals surface area (Å²) in [7, 11) is 0. The van der Waals surface area contributed by atoms with Crippen molar-refractivity contribution in [2.24, 2.45) is 5.92 Å². The van der Waals surface area contributed by atoms with Gasteiger partial charge >= 0.3 is 0 Å². The third-order valence-electron chi connectivity index (χ3n) is 5.70. The molecule has 26 heavy (non-hydrogen) atoms. The summed E-state index contributed by atoms with van der Waals surface area (Å²) in [5, 5.41) is 12.7. The molecule has 0 bridgehead atoms. The number of nitrogens with one attached hydrogen (secondary N) is 1. The van der Waals surface area contributed by atoms with Gasteiger partial charge in [-0.25, -0.2) is 4.98 Å². The van der Waals surface area contributed by atoms with Gasteiger partial charge in [-0.15, -0.1) is 0 Å². The van der Waals surface area contributed by atoms with Crippen molar-refractivity contribution in [3.63, 3.8) is 0 Å². The Labute approximate surface area is 155 Å². The molecule has 2 aliphatic heterocycles. The van der Waals surface area contributed by atoms with Crippen LogP contribution >= 0.6 is 0 Å². The Morgan fingerprint density at radius 1 is 1.38 bits per heavy atom. The molecule has 2 aliphatic rings. The summed E-state index contributed by atoms with van der Waals surface area (Å²) < 4.78 is 0. The number of nitriles is 1. The number of hydrogen-bond donors (Lipinski definition) is 1. The highest BCUT2D eigenvalue weighted by Crippen LogP contribution is 2.29. The molecular weight excluding hydrogens is 328 g/mol. The van der Waals surface area contributed by atoms with Crippen LogP contribution in [0.2, 0.25) is 0 Å². The van der Waals surface area contributed by atoms with E-state index in [1.165, 1.54) is 0 Å². The number of aromatic nitrogens is 2. The first kappa shape index (κ1) is 18.4. The number of anilines is 1. The maximum absolute atomic E-state index is 12.8. The van der Waals surface area contributed by atoms with Crippen LogP contribution < -0.4 is 10.2 Å². The fraction of sp³-hybridized carbons (Fsp3) is 0.684. The van der Waals surface area contributed by atoms with Gasteiger partial charge in [0.15, 0.2) is 6.19 Å². The zero-order chi connectivity index (χ0) is 18.7. The van der Waals surface area contributed by atoms with Crippen LogP contribution in [-0.2, 0) is 4.79 Å². The van der Waals surface area contributed by atoms with Crippen LogP contribution in [0.3, 0.4) is 0 Å². The van der Waals surface area contributed by atoms with E-state index in [4.69, 9.17) is 0 Å². The van der Waals surface area contributed by atoms with Gasteiger partial charge in [-0.05, 0) is 32.6 Å². The van der Waals surface area contributed by atoms with Gasteiger partial charge in [0.2, 0.25) is 5.91 Å². The van der Waals surface area contributed by atoms with Crippen LogP contribution in [0, 0.1) is 24.3 Å². The van der Waals surface area contributed by atoms with Crippen LogP contribution in [-0.4, -0.2) is 52.0 Å². The van der Waals surface area contributed by atoms with Gasteiger partial charge < -0.3 is 15.1 Å². The Balaban J connectivity index is 1.61. The number of amides is 1. The first-order valence-electron chi connectivity index (χ1n) is 9.59. The van der Waals surface area contributed by atoms with Gasteiger partial charge in [0.05, 0.1) is 29.9 Å². The van der Waals surface area contributed by atoms with Crippen LogP contribution in [0.4, 0.5) is 5.82 Å². The lowest BCUT2D eigenvalue weighted by Crippen LogP contribution is -2.46. The summed E-state index contributed by atoms with van der Waals surface area (Å²) in [5.74, 6) is 0.909. The first-order valence-corrected chi connectivity index (χ1v) is 9.59. The van der Waals surface area contributed by atoms with E-state index in [1.807, 2.05) is 11.8 Å². The standard InChI is InChI=1S/C19H28N6O/c1-4-15-8-16(17(5-2)25(15)12-20)23-19(26)14-6-7-24(11-14)18-10-21-9-13(3)22-18/h9-10,14-17H,4-8,11H2,1-3H3,(H,23,26)/t14-,15-,16+,17+/m0/s1. The highest BCUT2D eigenvalue weighted by atomic mass is 16.2. The fourth-order valence-corrected chi connectivity index (χ4v) is 4.27. The van der Waals surface area contributed by atoms with Crippen molar-refractivity contribution in [2.75, 3.05) is 18.0 Å². The second-order valence-corrected chi connectivity index (χ2v) is 7.35. The van der Waals surface area contributed by atoms with Crippen molar-refractivity contribution in [3.8, 4) is 6.19 Å². The molecule has 7 nitrogen and oxygen atoms in total. The predicted molar refractivity (Wildman–Crippen MR) is 99.2 cm³/mol. The molecular formula is C19H28N6O. The van der Waals surface area contributed by atoms with E-state index in [9.17, 15) is 10.1 Å². The molecule has 0 spiro atoms. The second-order valence-electron chi connectivity index (χ2n) is 7.35. The maximum atomic E-state index is 12.8. The summed E-state index contributed by atoms with van der Waals surface area (Å²) in [5.41, 5.74) is 0.884. The van der Waals surface area contributed by atoms with Crippen molar-refractivity contribution < 1.29 is 4.79 Å². The molecule has 1 N–H and O–H groups in total. The molecule has 0 aliphatic carbocycles. The third kappa shape index (κ3) is 3.59. The topological polar surface area (TPSA) is 85.2 Å². The zero-order valence-electron chi connectivity index (χ0n) is 15.9. The average Bonchev–Trinajstić information content (AvgIpc) is 3.26. The van der Waals surface area contributed by atoms with E-state index in [2.05, 4.69) is 40.2 Å². The van der Waals surface area contributed by atoms with Crippen LogP contribution in [0.25, 0.3) is 0 Å². The summed E-state index contributed by atoms with van der Waals surface area (Å²) in [4.78, 5) is 25.5. The summed E-state index contributed by atoms with van der Waals surface area (Å²) in [6.07, 6.45) is 9.30. The molecule has 3 heterocycles. The minimum absolute atomic E-state index is 0.0361. The summed E-state index contributed by atoms with van der Waals surface area (Å²) in [6.45, 7) is 7.60. The van der Waals surface area contributed by atoms with Gasteiger partial charge in [0.25, 0.3) is 0 Å². The molecule has 140 valence electrons. The smallest absolute Gasteiger partial charge is 0.225 e. The third-order valence-corrected chi connectivity index (χ3v) is 5.70. The van der Waals surface area contributed by atoms with Crippen molar-refractivity contribution in [1.29, 1.82) is 5.26 Å².